The minimum Gasteiger partial charge on any atom is -0.479 e. The number of anilines is 1. The second kappa shape index (κ2) is 7.35. The van der Waals surface area contributed by atoms with Gasteiger partial charge in [-0.1, -0.05) is 59.1 Å². The normalized spacial score (nSPS) is 11.6. The summed E-state index contributed by atoms with van der Waals surface area (Å²) in [5.41, 5.74) is 1.59. The number of para-hydroxylation sites is 1. The van der Waals surface area contributed by atoms with Gasteiger partial charge in [0.05, 0.1) is 15.7 Å². The summed E-state index contributed by atoms with van der Waals surface area (Å²) >= 11 is 11.9. The molecule has 0 saturated heterocycles. The highest BCUT2D eigenvalue weighted by molar-refractivity contribution is 6.39. The number of aliphatic carboxylic acids is 1. The first-order valence-electron chi connectivity index (χ1n) is 6.69. The number of aryl methyl sites for hydroxylation is 1. The molecule has 23 heavy (non-hydrogen) atoms. The molecule has 3 N–H and O–H groups in total. The van der Waals surface area contributed by atoms with Gasteiger partial charge >= 0.3 is 12.0 Å². The molecule has 2 rings (SSSR count). The van der Waals surface area contributed by atoms with Gasteiger partial charge in [0, 0.05) is 0 Å². The van der Waals surface area contributed by atoms with Crippen LogP contribution in [0.1, 0.15) is 17.2 Å². The van der Waals surface area contributed by atoms with E-state index >= 15 is 0 Å². The summed E-state index contributed by atoms with van der Waals surface area (Å²) in [5, 5.41) is 14.7. The first kappa shape index (κ1) is 17.1. The van der Waals surface area contributed by atoms with Crippen molar-refractivity contribution in [1.29, 1.82) is 0 Å². The van der Waals surface area contributed by atoms with Crippen LogP contribution in [0.5, 0.6) is 0 Å². The fourth-order valence-corrected chi connectivity index (χ4v) is 2.53. The lowest BCUT2D eigenvalue weighted by Crippen LogP contribution is -2.36. The van der Waals surface area contributed by atoms with E-state index in [0.29, 0.717) is 5.56 Å². The second-order valence-corrected chi connectivity index (χ2v) is 5.69. The highest BCUT2D eigenvalue weighted by Gasteiger charge is 2.22. The number of amides is 2. The molecule has 0 aliphatic heterocycles. The van der Waals surface area contributed by atoms with Crippen LogP contribution in [-0.4, -0.2) is 17.1 Å². The number of halogens is 2. The zero-order valence-electron chi connectivity index (χ0n) is 12.1. The Morgan fingerprint density at radius 2 is 1.70 bits per heavy atom. The molecule has 0 aliphatic carbocycles. The molecular weight excluding hydrogens is 339 g/mol. The Balaban J connectivity index is 2.18. The van der Waals surface area contributed by atoms with Gasteiger partial charge in [-0.05, 0) is 24.6 Å². The first-order valence-corrected chi connectivity index (χ1v) is 7.45. The van der Waals surface area contributed by atoms with Crippen LogP contribution in [0.2, 0.25) is 10.0 Å². The second-order valence-electron chi connectivity index (χ2n) is 4.88. The number of benzene rings is 2. The summed E-state index contributed by atoms with van der Waals surface area (Å²) in [6.07, 6.45) is 0. The smallest absolute Gasteiger partial charge is 0.330 e. The number of carboxylic acids is 1. The molecule has 120 valence electrons. The number of hydrogen-bond donors (Lipinski definition) is 3. The predicted octanol–water partition coefficient (Wildman–Crippen LogP) is 4.25. The van der Waals surface area contributed by atoms with Gasteiger partial charge in [0.25, 0.3) is 0 Å². The van der Waals surface area contributed by atoms with Crippen LogP contribution >= 0.6 is 23.2 Å². The maximum Gasteiger partial charge on any atom is 0.330 e. The molecule has 2 aromatic carbocycles. The van der Waals surface area contributed by atoms with Crippen molar-refractivity contribution in [3.8, 4) is 0 Å². The van der Waals surface area contributed by atoms with Gasteiger partial charge < -0.3 is 15.7 Å². The van der Waals surface area contributed by atoms with Crippen LogP contribution in [-0.2, 0) is 4.79 Å². The Morgan fingerprint density at radius 3 is 2.26 bits per heavy atom. The van der Waals surface area contributed by atoms with Crippen molar-refractivity contribution in [1.82, 2.24) is 5.32 Å². The Labute approximate surface area is 143 Å². The van der Waals surface area contributed by atoms with Crippen molar-refractivity contribution in [2.75, 3.05) is 5.32 Å². The van der Waals surface area contributed by atoms with Crippen molar-refractivity contribution in [2.45, 2.75) is 13.0 Å². The standard InChI is InChI=1S/C16H14Cl2N2O3/c1-9-4-2-5-10(8-9)13(15(21)22)19-16(23)20-14-11(17)6-3-7-12(14)18/h2-8,13H,1H3,(H,21,22)(H2,19,20,23). The van der Waals surface area contributed by atoms with Crippen molar-refractivity contribution in [3.05, 3.63) is 63.6 Å². The van der Waals surface area contributed by atoms with Gasteiger partial charge in [0.2, 0.25) is 0 Å². The number of carboxylic acid groups (broad SMARTS) is 1. The summed E-state index contributed by atoms with van der Waals surface area (Å²) < 4.78 is 0. The highest BCUT2D eigenvalue weighted by atomic mass is 35.5. The fraction of sp³-hybridized carbons (Fsp3) is 0.125. The molecule has 5 nitrogen and oxygen atoms in total. The first-order chi connectivity index (χ1) is 10.9. The third-order valence-corrected chi connectivity index (χ3v) is 3.73. The zero-order chi connectivity index (χ0) is 17.0. The van der Waals surface area contributed by atoms with Gasteiger partial charge in [0.15, 0.2) is 6.04 Å². The Hall–Kier alpha value is -2.24. The molecule has 0 fully saturated rings. The van der Waals surface area contributed by atoms with Crippen molar-refractivity contribution < 1.29 is 14.7 Å². The zero-order valence-corrected chi connectivity index (χ0v) is 13.7. The Kier molecular flexibility index (Phi) is 5.47. The lowest BCUT2D eigenvalue weighted by Gasteiger charge is -2.17. The SMILES string of the molecule is Cc1cccc(C(NC(=O)Nc2c(Cl)cccc2Cl)C(=O)O)c1. The molecule has 2 aromatic rings. The fourth-order valence-electron chi connectivity index (χ4n) is 2.04. The summed E-state index contributed by atoms with van der Waals surface area (Å²) in [6.45, 7) is 1.84. The largest absolute Gasteiger partial charge is 0.479 e. The summed E-state index contributed by atoms with van der Waals surface area (Å²) in [6, 6.07) is 9.77. The predicted molar refractivity (Wildman–Crippen MR) is 90.2 cm³/mol. The van der Waals surface area contributed by atoms with Crippen molar-refractivity contribution in [2.24, 2.45) is 0 Å². The van der Waals surface area contributed by atoms with Crippen LogP contribution in [0.25, 0.3) is 0 Å². The maximum atomic E-state index is 12.1. The van der Waals surface area contributed by atoms with Crippen molar-refractivity contribution >= 4 is 40.9 Å². The van der Waals surface area contributed by atoms with Gasteiger partial charge in [-0.25, -0.2) is 9.59 Å². The number of carbonyl (C=O) groups is 2. The van der Waals surface area contributed by atoms with E-state index in [1.807, 2.05) is 13.0 Å². The topological polar surface area (TPSA) is 78.4 Å². The van der Waals surface area contributed by atoms with Gasteiger partial charge in [-0.2, -0.15) is 0 Å². The number of rotatable bonds is 4. The van der Waals surface area contributed by atoms with Crippen molar-refractivity contribution in [3.63, 3.8) is 0 Å². The Bertz CT molecular complexity index is 730. The molecule has 0 aliphatic rings. The molecule has 7 heteroatoms. The van der Waals surface area contributed by atoms with Crippen LogP contribution in [0, 0.1) is 6.92 Å². The number of nitrogens with one attached hydrogen (secondary N) is 2. The third-order valence-electron chi connectivity index (χ3n) is 3.10. The third kappa shape index (κ3) is 4.37. The molecule has 0 radical (unpaired) electrons. The van der Waals surface area contributed by atoms with Crippen LogP contribution < -0.4 is 10.6 Å². The minimum absolute atomic E-state index is 0.224. The van der Waals surface area contributed by atoms with E-state index in [1.165, 1.54) is 0 Å². The van der Waals surface area contributed by atoms with Gasteiger partial charge in [-0.15, -0.1) is 0 Å². The molecule has 0 aromatic heterocycles. The average molecular weight is 353 g/mol. The maximum absolute atomic E-state index is 12.1. The number of urea groups is 1. The summed E-state index contributed by atoms with van der Waals surface area (Å²) in [7, 11) is 0. The molecule has 1 unspecified atom stereocenters. The van der Waals surface area contributed by atoms with Crippen LogP contribution in [0.15, 0.2) is 42.5 Å². The molecule has 0 spiro atoms. The molecule has 1 atom stereocenters. The average Bonchev–Trinajstić information content (AvgIpc) is 2.48. The summed E-state index contributed by atoms with van der Waals surface area (Å²) in [4.78, 5) is 23.5. The lowest BCUT2D eigenvalue weighted by molar-refractivity contribution is -0.139. The molecule has 0 saturated carbocycles. The van der Waals surface area contributed by atoms with E-state index in [2.05, 4.69) is 10.6 Å². The van der Waals surface area contributed by atoms with E-state index in [1.54, 1.807) is 36.4 Å². The van der Waals surface area contributed by atoms with Gasteiger partial charge in [0.1, 0.15) is 0 Å². The van der Waals surface area contributed by atoms with E-state index in [4.69, 9.17) is 23.2 Å². The Morgan fingerprint density at radius 1 is 1.09 bits per heavy atom. The van der Waals surface area contributed by atoms with Crippen LogP contribution in [0.3, 0.4) is 0 Å². The van der Waals surface area contributed by atoms with Crippen LogP contribution in [0.4, 0.5) is 10.5 Å². The minimum atomic E-state index is -1.18. The molecular formula is C16H14Cl2N2O3. The monoisotopic (exact) mass is 352 g/mol. The van der Waals surface area contributed by atoms with E-state index in [9.17, 15) is 14.7 Å². The number of carbonyl (C=O) groups excluding carboxylic acids is 1. The lowest BCUT2D eigenvalue weighted by atomic mass is 10.0. The van der Waals surface area contributed by atoms with E-state index in [-0.39, 0.29) is 15.7 Å². The molecule has 0 bridgehead atoms. The number of hydrogen-bond acceptors (Lipinski definition) is 2. The summed E-state index contributed by atoms with van der Waals surface area (Å²) in [5.74, 6) is -1.17. The van der Waals surface area contributed by atoms with E-state index < -0.39 is 18.0 Å². The highest BCUT2D eigenvalue weighted by Crippen LogP contribution is 2.29. The quantitative estimate of drug-likeness (QED) is 0.769. The van der Waals surface area contributed by atoms with E-state index in [0.717, 1.165) is 5.56 Å². The van der Waals surface area contributed by atoms with Gasteiger partial charge in [-0.3, -0.25) is 0 Å². The molecule has 0 heterocycles. The molecule has 2 amide bonds.